The van der Waals surface area contributed by atoms with Crippen LogP contribution >= 0.6 is 27.9 Å². The number of likely N-dealkylation sites (N-methyl/N-ethyl adjacent to an activating group) is 1. The Balaban J connectivity index is 2.67. The molecule has 23 heavy (non-hydrogen) atoms. The monoisotopic (exact) mass is 418 g/mol. The van der Waals surface area contributed by atoms with Crippen molar-refractivity contribution in [2.45, 2.75) is 17.9 Å². The number of carboxylic acids is 1. The van der Waals surface area contributed by atoms with Crippen molar-refractivity contribution in [2.24, 2.45) is 0 Å². The lowest BCUT2D eigenvalue weighted by molar-refractivity contribution is -0.762. The van der Waals surface area contributed by atoms with Crippen LogP contribution in [0.1, 0.15) is 5.56 Å². The molecule has 0 bridgehead atoms. The molecule has 0 radical (unpaired) electrons. The molecular weight excluding hydrogens is 402 g/mol. The van der Waals surface area contributed by atoms with E-state index in [0.29, 0.717) is 5.56 Å². The number of aryl methyl sites for hydroxylation is 1. The van der Waals surface area contributed by atoms with E-state index in [4.69, 9.17) is 0 Å². The number of allylic oxidation sites excluding steroid dienone is 2. The molecule has 0 aliphatic carbocycles. The summed E-state index contributed by atoms with van der Waals surface area (Å²) in [4.78, 5) is 11.8. The zero-order valence-corrected chi connectivity index (χ0v) is 16.1. The normalized spacial score (nSPS) is 20.7. The zero-order chi connectivity index (χ0) is 17.4. The van der Waals surface area contributed by atoms with Gasteiger partial charge in [-0.05, 0) is 42.8 Å². The minimum Gasteiger partial charge on any atom is -0.477 e. The summed E-state index contributed by atoms with van der Waals surface area (Å²) in [5.41, 5.74) is 0.565. The van der Waals surface area contributed by atoms with Gasteiger partial charge in [0.05, 0.1) is 19.0 Å². The standard InChI is InChI=1S/C15H16BrNO4S2/c1-10-9-11(16)6-7-12(10)23(20,21)13-5-4-8-22-17(2,3)14(13)15(18)19/h4-9,14H,1-3H3/p+1. The maximum Gasteiger partial charge on any atom is 0.369 e. The summed E-state index contributed by atoms with van der Waals surface area (Å²) in [6, 6.07) is 3.64. The van der Waals surface area contributed by atoms with Crippen LogP contribution in [0.5, 0.6) is 0 Å². The minimum atomic E-state index is -3.92. The van der Waals surface area contributed by atoms with E-state index in [0.717, 1.165) is 4.47 Å². The number of hydrogen-bond donors (Lipinski definition) is 1. The summed E-state index contributed by atoms with van der Waals surface area (Å²) in [6.07, 6.45) is 2.96. The predicted molar refractivity (Wildman–Crippen MR) is 94.4 cm³/mol. The van der Waals surface area contributed by atoms with Gasteiger partial charge in [-0.15, -0.1) is 0 Å². The third-order valence-corrected chi connectivity index (χ3v) is 7.08. The molecule has 1 aromatic carbocycles. The molecule has 1 aliphatic heterocycles. The van der Waals surface area contributed by atoms with Gasteiger partial charge in [0.25, 0.3) is 0 Å². The van der Waals surface area contributed by atoms with Crippen LogP contribution in [0.3, 0.4) is 0 Å². The van der Waals surface area contributed by atoms with Gasteiger partial charge in [-0.25, -0.2) is 17.1 Å². The zero-order valence-electron chi connectivity index (χ0n) is 12.9. The van der Waals surface area contributed by atoms with E-state index >= 15 is 0 Å². The number of halogens is 1. The van der Waals surface area contributed by atoms with E-state index < -0.39 is 21.8 Å². The third kappa shape index (κ3) is 3.55. The molecule has 1 heterocycles. The van der Waals surface area contributed by atoms with Crippen LogP contribution in [-0.2, 0) is 14.6 Å². The molecule has 1 unspecified atom stereocenters. The highest BCUT2D eigenvalue weighted by Gasteiger charge is 2.46. The Bertz CT molecular complexity index is 813. The first-order valence-corrected chi connectivity index (χ1v) is 9.81. The number of carboxylic acid groups (broad SMARTS) is 1. The van der Waals surface area contributed by atoms with E-state index in [9.17, 15) is 18.3 Å². The maximum absolute atomic E-state index is 13.1. The van der Waals surface area contributed by atoms with Crippen molar-refractivity contribution in [3.63, 3.8) is 0 Å². The van der Waals surface area contributed by atoms with Crippen molar-refractivity contribution in [3.05, 3.63) is 50.7 Å². The number of carbonyl (C=O) groups is 1. The fraction of sp³-hybridized carbons (Fsp3) is 0.267. The average Bonchev–Trinajstić information content (AvgIpc) is 2.56. The highest BCUT2D eigenvalue weighted by atomic mass is 79.9. The Hall–Kier alpha value is -1.09. The number of aliphatic carboxylic acids is 1. The molecule has 0 spiro atoms. The molecule has 0 saturated carbocycles. The van der Waals surface area contributed by atoms with Gasteiger partial charge in [-0.2, -0.15) is 0 Å². The SMILES string of the molecule is Cc1cc(Br)ccc1S(=O)(=O)C1=CC=CS[N+](C)(C)C1C(=O)O. The highest BCUT2D eigenvalue weighted by molar-refractivity contribution is 9.10. The van der Waals surface area contributed by atoms with Gasteiger partial charge in [-0.3, -0.25) is 0 Å². The second kappa shape index (κ2) is 6.43. The Labute approximate surface area is 148 Å². The Morgan fingerprint density at radius 1 is 1.35 bits per heavy atom. The Morgan fingerprint density at radius 2 is 2.00 bits per heavy atom. The van der Waals surface area contributed by atoms with Gasteiger partial charge in [0.1, 0.15) is 16.9 Å². The fourth-order valence-electron chi connectivity index (χ4n) is 2.45. The van der Waals surface area contributed by atoms with Crippen molar-refractivity contribution in [2.75, 3.05) is 14.1 Å². The summed E-state index contributed by atoms with van der Waals surface area (Å²) in [6.45, 7) is 1.69. The Morgan fingerprint density at radius 3 is 2.57 bits per heavy atom. The van der Waals surface area contributed by atoms with Gasteiger partial charge in [0.2, 0.25) is 15.9 Å². The minimum absolute atomic E-state index is 0.0491. The number of benzene rings is 1. The lowest BCUT2D eigenvalue weighted by Gasteiger charge is -2.32. The van der Waals surface area contributed by atoms with E-state index in [-0.39, 0.29) is 13.7 Å². The highest BCUT2D eigenvalue weighted by Crippen LogP contribution is 2.36. The van der Waals surface area contributed by atoms with Crippen LogP contribution in [0.15, 0.2) is 50.0 Å². The third-order valence-electron chi connectivity index (χ3n) is 3.53. The summed E-state index contributed by atoms with van der Waals surface area (Å²) in [5, 5.41) is 11.3. The molecular formula is C15H17BrNO4S2+. The Kier molecular flexibility index (Phi) is 5.10. The molecule has 0 saturated heterocycles. The number of hydrogen-bond acceptors (Lipinski definition) is 4. The summed E-state index contributed by atoms with van der Waals surface area (Å²) in [7, 11) is -0.564. The molecule has 1 N–H and O–H groups in total. The molecule has 1 aromatic rings. The van der Waals surface area contributed by atoms with Crippen molar-refractivity contribution >= 4 is 43.7 Å². The molecule has 1 atom stereocenters. The second-order valence-electron chi connectivity index (χ2n) is 5.59. The molecule has 2 rings (SSSR count). The maximum atomic E-state index is 13.1. The average molecular weight is 419 g/mol. The molecule has 0 fully saturated rings. The van der Waals surface area contributed by atoms with Gasteiger partial charge >= 0.3 is 5.97 Å². The van der Waals surface area contributed by atoms with Gasteiger partial charge in [-0.1, -0.05) is 15.9 Å². The van der Waals surface area contributed by atoms with Gasteiger partial charge < -0.3 is 5.11 Å². The van der Waals surface area contributed by atoms with E-state index in [1.165, 1.54) is 24.1 Å². The van der Waals surface area contributed by atoms with Crippen LogP contribution < -0.4 is 0 Å². The summed E-state index contributed by atoms with van der Waals surface area (Å²) < 4.78 is 26.9. The van der Waals surface area contributed by atoms with E-state index in [2.05, 4.69) is 15.9 Å². The molecule has 0 amide bonds. The van der Waals surface area contributed by atoms with Crippen LogP contribution in [0, 0.1) is 6.92 Å². The number of rotatable bonds is 3. The lowest BCUT2D eigenvalue weighted by Crippen LogP contribution is -2.49. The largest absolute Gasteiger partial charge is 0.477 e. The van der Waals surface area contributed by atoms with Crippen molar-refractivity contribution in [1.82, 2.24) is 0 Å². The van der Waals surface area contributed by atoms with Gasteiger partial charge in [0.15, 0.2) is 0 Å². The van der Waals surface area contributed by atoms with E-state index in [1.807, 2.05) is 0 Å². The molecule has 5 nitrogen and oxygen atoms in total. The van der Waals surface area contributed by atoms with Crippen LogP contribution in [-0.4, -0.2) is 43.5 Å². The second-order valence-corrected chi connectivity index (χ2v) is 9.85. The number of sulfone groups is 1. The number of quaternary nitrogens is 1. The molecule has 8 heteroatoms. The first-order valence-electron chi connectivity index (χ1n) is 6.70. The molecule has 124 valence electrons. The molecule has 1 aliphatic rings. The predicted octanol–water partition coefficient (Wildman–Crippen LogP) is 3.12. The quantitative estimate of drug-likeness (QED) is 0.602. The van der Waals surface area contributed by atoms with Gasteiger partial charge in [0, 0.05) is 9.88 Å². The van der Waals surface area contributed by atoms with Crippen LogP contribution in [0.2, 0.25) is 0 Å². The van der Waals surface area contributed by atoms with E-state index in [1.54, 1.807) is 44.6 Å². The topological polar surface area (TPSA) is 71.4 Å². The summed E-state index contributed by atoms with van der Waals surface area (Å²) in [5.74, 6) is -1.17. The first-order chi connectivity index (χ1) is 10.6. The van der Waals surface area contributed by atoms with Crippen molar-refractivity contribution in [3.8, 4) is 0 Å². The lowest BCUT2D eigenvalue weighted by atomic mass is 10.2. The van der Waals surface area contributed by atoms with Crippen LogP contribution in [0.4, 0.5) is 0 Å². The fourth-order valence-corrected chi connectivity index (χ4v) is 5.68. The summed E-state index contributed by atoms with van der Waals surface area (Å²) >= 11 is 4.55. The molecule has 0 aromatic heterocycles. The van der Waals surface area contributed by atoms with Crippen molar-refractivity contribution in [1.29, 1.82) is 0 Å². The number of nitrogens with zero attached hydrogens (tertiary/aromatic N) is 1. The van der Waals surface area contributed by atoms with Crippen LogP contribution in [0.25, 0.3) is 0 Å². The van der Waals surface area contributed by atoms with Crippen molar-refractivity contribution < 1.29 is 22.2 Å². The smallest absolute Gasteiger partial charge is 0.369 e. The first kappa shape index (κ1) is 18.3.